The van der Waals surface area contributed by atoms with Crippen molar-refractivity contribution in [3.8, 4) is 11.6 Å². The fourth-order valence-electron chi connectivity index (χ4n) is 5.47. The van der Waals surface area contributed by atoms with E-state index in [9.17, 15) is 23.1 Å². The van der Waals surface area contributed by atoms with Gasteiger partial charge in [0.1, 0.15) is 16.1 Å². The van der Waals surface area contributed by atoms with Gasteiger partial charge in [-0.15, -0.1) is 0 Å². The highest BCUT2D eigenvalue weighted by atomic mass is 32.2. The number of carboxylic acids is 1. The number of aliphatic carboxylic acids is 1. The molecule has 44 heavy (non-hydrogen) atoms. The lowest BCUT2D eigenvalue weighted by atomic mass is 9.87. The highest BCUT2D eigenvalue weighted by molar-refractivity contribution is 7.92. The zero-order valence-corrected chi connectivity index (χ0v) is 26.1. The van der Waals surface area contributed by atoms with Gasteiger partial charge >= 0.3 is 5.97 Å². The van der Waals surface area contributed by atoms with Crippen LogP contribution in [0.2, 0.25) is 0 Å². The molecule has 2 aromatic heterocycles. The molecule has 1 aliphatic rings. The number of carbonyl (C=O) groups excluding carboxylic acids is 1. The number of nitrogens with zero attached hydrogens (tertiary/aromatic N) is 3. The van der Waals surface area contributed by atoms with Gasteiger partial charge in [-0.1, -0.05) is 49.2 Å². The predicted octanol–water partition coefficient (Wildman–Crippen LogP) is 5.68. The van der Waals surface area contributed by atoms with E-state index in [4.69, 9.17) is 9.47 Å². The molecule has 1 amide bonds. The fraction of sp³-hybridized carbons (Fsp3) is 0.355. The fourth-order valence-corrected chi connectivity index (χ4v) is 7.76. The van der Waals surface area contributed by atoms with Gasteiger partial charge in [-0.3, -0.25) is 13.9 Å². The molecule has 2 N–H and O–H groups in total. The van der Waals surface area contributed by atoms with Crippen molar-refractivity contribution in [2.75, 3.05) is 30.4 Å². The molecule has 0 aliphatic heterocycles. The van der Waals surface area contributed by atoms with Crippen molar-refractivity contribution in [3.05, 3.63) is 66.2 Å². The Labute approximate surface area is 259 Å². The number of amides is 1. The van der Waals surface area contributed by atoms with Gasteiger partial charge in [0.25, 0.3) is 10.0 Å². The Morgan fingerprint density at radius 3 is 2.34 bits per heavy atom. The van der Waals surface area contributed by atoms with Crippen molar-refractivity contribution >= 4 is 54.4 Å². The van der Waals surface area contributed by atoms with Crippen LogP contribution in [-0.2, 0) is 19.6 Å². The number of anilines is 2. The molecule has 0 radical (unpaired) electrons. The van der Waals surface area contributed by atoms with E-state index in [0.717, 1.165) is 30.0 Å². The predicted molar refractivity (Wildman–Crippen MR) is 168 cm³/mol. The summed E-state index contributed by atoms with van der Waals surface area (Å²) in [5.74, 6) is -0.465. The molecule has 1 aliphatic carbocycles. The smallest absolute Gasteiger partial charge is 0.305 e. The molecule has 11 nitrogen and oxygen atoms in total. The summed E-state index contributed by atoms with van der Waals surface area (Å²) < 4.78 is 39.0. The van der Waals surface area contributed by atoms with E-state index in [1.54, 1.807) is 48.5 Å². The number of pyridine rings is 1. The highest BCUT2D eigenvalue weighted by Crippen LogP contribution is 2.36. The van der Waals surface area contributed by atoms with Crippen LogP contribution >= 0.6 is 11.3 Å². The van der Waals surface area contributed by atoms with Gasteiger partial charge in [0.2, 0.25) is 11.8 Å². The number of hydrogen-bond acceptors (Lipinski definition) is 9. The van der Waals surface area contributed by atoms with Crippen LogP contribution in [0.4, 0.5) is 10.8 Å². The third-order valence-corrected chi connectivity index (χ3v) is 10.5. The zero-order valence-electron chi connectivity index (χ0n) is 24.4. The van der Waals surface area contributed by atoms with Crippen LogP contribution in [0.5, 0.6) is 11.6 Å². The Morgan fingerprint density at radius 1 is 1.00 bits per heavy atom. The molecular formula is C31H34N4O7S2. The van der Waals surface area contributed by atoms with Gasteiger partial charge in [-0.05, 0) is 60.4 Å². The lowest BCUT2D eigenvalue weighted by molar-refractivity contribution is -0.136. The largest absolute Gasteiger partial charge is 0.497 e. The van der Waals surface area contributed by atoms with E-state index in [1.165, 1.54) is 37.7 Å². The number of thiazole rings is 1. The second-order valence-electron chi connectivity index (χ2n) is 10.6. The molecule has 2 aromatic carbocycles. The normalized spacial score (nSPS) is 14.3. The number of benzene rings is 2. The monoisotopic (exact) mass is 638 g/mol. The molecule has 2 heterocycles. The molecule has 4 aromatic rings. The van der Waals surface area contributed by atoms with Crippen LogP contribution in [0, 0.1) is 5.92 Å². The number of rotatable bonds is 13. The molecule has 0 bridgehead atoms. The maximum Gasteiger partial charge on any atom is 0.305 e. The highest BCUT2D eigenvalue weighted by Gasteiger charge is 2.30. The number of carboxylic acid groups (broad SMARTS) is 1. The first-order chi connectivity index (χ1) is 21.2. The first-order valence-electron chi connectivity index (χ1n) is 14.3. The second-order valence-corrected chi connectivity index (χ2v) is 13.5. The Hall–Kier alpha value is -4.23. The molecular weight excluding hydrogens is 604 g/mol. The van der Waals surface area contributed by atoms with Crippen molar-refractivity contribution in [2.45, 2.75) is 49.3 Å². The van der Waals surface area contributed by atoms with Gasteiger partial charge in [0.05, 0.1) is 37.1 Å². The standard InChI is InChI=1S/C31H34N4O7S2/c1-41-23-11-9-22(10-12-23)35(18-17-28(36)37)44(39,40)24-13-7-21(8-14-24)25(19-20-5-3-4-6-20)29(38)34-31-32-26-15-16-27(42-2)33-30(26)43-31/h7-16,20,25H,3-6,17-19H2,1-2H3,(H,36,37)(H,32,34,38)/t25-/m0/s1. The number of sulfonamides is 1. The number of ether oxygens (including phenoxy) is 2. The summed E-state index contributed by atoms with van der Waals surface area (Å²) in [5.41, 5.74) is 1.66. The van der Waals surface area contributed by atoms with E-state index in [1.807, 2.05) is 0 Å². The summed E-state index contributed by atoms with van der Waals surface area (Å²) in [5, 5.41) is 12.7. The maximum absolute atomic E-state index is 13.8. The molecule has 1 saturated carbocycles. The Kier molecular flexibility index (Phi) is 9.64. The van der Waals surface area contributed by atoms with Crippen LogP contribution < -0.4 is 19.1 Å². The first kappa shape index (κ1) is 31.2. The Balaban J connectivity index is 1.41. The Morgan fingerprint density at radius 2 is 1.70 bits per heavy atom. The lowest BCUT2D eigenvalue weighted by Crippen LogP contribution is -2.33. The van der Waals surface area contributed by atoms with E-state index in [-0.39, 0.29) is 23.8 Å². The van der Waals surface area contributed by atoms with Crippen molar-refractivity contribution in [1.82, 2.24) is 9.97 Å². The number of fused-ring (bicyclic) bond motifs is 1. The first-order valence-corrected chi connectivity index (χ1v) is 16.5. The van der Waals surface area contributed by atoms with Crippen LogP contribution in [0.1, 0.15) is 50.0 Å². The summed E-state index contributed by atoms with van der Waals surface area (Å²) in [6, 6.07) is 16.2. The number of nitrogens with one attached hydrogen (secondary N) is 1. The Bertz CT molecular complexity index is 1720. The minimum absolute atomic E-state index is 0.00586. The van der Waals surface area contributed by atoms with E-state index < -0.39 is 21.9 Å². The molecule has 0 saturated heterocycles. The molecule has 1 atom stereocenters. The third-order valence-electron chi connectivity index (χ3n) is 7.79. The van der Waals surface area contributed by atoms with E-state index >= 15 is 0 Å². The number of carbonyl (C=O) groups is 2. The van der Waals surface area contributed by atoms with Gasteiger partial charge in [0.15, 0.2) is 5.13 Å². The lowest BCUT2D eigenvalue weighted by Gasteiger charge is -2.25. The third kappa shape index (κ3) is 7.11. The maximum atomic E-state index is 13.8. The minimum atomic E-state index is -4.12. The van der Waals surface area contributed by atoms with Gasteiger partial charge in [-0.2, -0.15) is 0 Å². The van der Waals surface area contributed by atoms with Crippen molar-refractivity contribution in [2.24, 2.45) is 5.92 Å². The van der Waals surface area contributed by atoms with Crippen molar-refractivity contribution < 1.29 is 32.6 Å². The average molecular weight is 639 g/mol. The zero-order chi connectivity index (χ0) is 31.3. The SMILES string of the molecule is COc1ccc(N(CCC(=O)O)S(=O)(=O)c2ccc([C@H](CC3CCCC3)C(=O)Nc3nc4ccc(OC)nc4s3)cc2)cc1. The van der Waals surface area contributed by atoms with Crippen molar-refractivity contribution in [1.29, 1.82) is 0 Å². The molecule has 5 rings (SSSR count). The molecule has 0 unspecified atom stereocenters. The molecule has 232 valence electrons. The number of hydrogen-bond donors (Lipinski definition) is 2. The van der Waals surface area contributed by atoms with E-state index in [2.05, 4.69) is 15.3 Å². The summed E-state index contributed by atoms with van der Waals surface area (Å²) in [6.07, 6.45) is 4.59. The molecule has 0 spiro atoms. The summed E-state index contributed by atoms with van der Waals surface area (Å²) in [7, 11) is -1.08. The van der Waals surface area contributed by atoms with Gasteiger partial charge < -0.3 is 19.9 Å². The van der Waals surface area contributed by atoms with E-state index in [0.29, 0.717) is 50.7 Å². The quantitative estimate of drug-likeness (QED) is 0.189. The second kappa shape index (κ2) is 13.6. The topological polar surface area (TPSA) is 148 Å². The number of methoxy groups -OCH3 is 2. The summed E-state index contributed by atoms with van der Waals surface area (Å²) in [4.78, 5) is 34.6. The minimum Gasteiger partial charge on any atom is -0.497 e. The molecule has 1 fully saturated rings. The van der Waals surface area contributed by atoms with Gasteiger partial charge in [0, 0.05) is 12.6 Å². The van der Waals surface area contributed by atoms with Gasteiger partial charge in [-0.25, -0.2) is 18.4 Å². The van der Waals surface area contributed by atoms with Crippen LogP contribution in [0.3, 0.4) is 0 Å². The van der Waals surface area contributed by atoms with Crippen LogP contribution in [0.15, 0.2) is 65.6 Å². The van der Waals surface area contributed by atoms with Crippen LogP contribution in [-0.4, -0.2) is 56.1 Å². The van der Waals surface area contributed by atoms with Crippen LogP contribution in [0.25, 0.3) is 10.3 Å². The average Bonchev–Trinajstić information content (AvgIpc) is 3.69. The van der Waals surface area contributed by atoms with Crippen molar-refractivity contribution in [3.63, 3.8) is 0 Å². The summed E-state index contributed by atoms with van der Waals surface area (Å²) in [6.45, 7) is -0.249. The number of aromatic nitrogens is 2. The summed E-state index contributed by atoms with van der Waals surface area (Å²) >= 11 is 1.26. The molecule has 13 heteroatoms.